The largest absolute Gasteiger partial charge is 0.338 e. The normalized spacial score (nSPS) is 12.4. The quantitative estimate of drug-likeness (QED) is 0.740. The molecule has 1 unspecified atom stereocenters. The number of aryl methyl sites for hydroxylation is 1. The van der Waals surface area contributed by atoms with E-state index in [1.165, 1.54) is 0 Å². The van der Waals surface area contributed by atoms with Gasteiger partial charge in [0.05, 0.1) is 18.7 Å². The van der Waals surface area contributed by atoms with Crippen LogP contribution in [0.25, 0.3) is 0 Å². The van der Waals surface area contributed by atoms with Crippen LogP contribution in [-0.4, -0.2) is 16.2 Å². The zero-order valence-electron chi connectivity index (χ0n) is 7.74. The minimum absolute atomic E-state index is 0.146. The smallest absolute Gasteiger partial charge is 0.240 e. The average Bonchev–Trinajstić information content (AvgIpc) is 2.53. The maximum atomic E-state index is 8.63. The lowest BCUT2D eigenvalue weighted by Crippen LogP contribution is -2.26. The van der Waals surface area contributed by atoms with E-state index < -0.39 is 0 Å². The van der Waals surface area contributed by atoms with Gasteiger partial charge in [-0.25, -0.2) is 0 Å². The Kier molecular flexibility index (Phi) is 3.41. The molecule has 0 saturated heterocycles. The first-order valence-corrected chi connectivity index (χ1v) is 4.18. The Morgan fingerprint density at radius 2 is 2.46 bits per heavy atom. The van der Waals surface area contributed by atoms with Gasteiger partial charge in [0.1, 0.15) is 0 Å². The summed E-state index contributed by atoms with van der Waals surface area (Å²) >= 11 is 0. The lowest BCUT2D eigenvalue weighted by molar-refractivity contribution is 0.359. The summed E-state index contributed by atoms with van der Waals surface area (Å²) in [5.74, 6) is 1.13. The number of nitriles is 1. The van der Waals surface area contributed by atoms with Gasteiger partial charge in [-0.3, -0.25) is 5.32 Å². The molecule has 5 heteroatoms. The van der Waals surface area contributed by atoms with Crippen molar-refractivity contribution in [3.63, 3.8) is 0 Å². The second-order valence-electron chi connectivity index (χ2n) is 2.71. The highest BCUT2D eigenvalue weighted by molar-refractivity contribution is 4.90. The summed E-state index contributed by atoms with van der Waals surface area (Å²) in [6.07, 6.45) is 0.767. The van der Waals surface area contributed by atoms with E-state index in [0.717, 1.165) is 6.42 Å². The fourth-order valence-corrected chi connectivity index (χ4v) is 0.904. The summed E-state index contributed by atoms with van der Waals surface area (Å²) in [6.45, 7) is 4.15. The SMILES string of the molecule is CCC(C#N)NCc1nc(C)no1. The molecule has 1 rings (SSSR count). The van der Waals surface area contributed by atoms with Crippen molar-refractivity contribution in [1.29, 1.82) is 5.26 Å². The summed E-state index contributed by atoms with van der Waals surface area (Å²) in [5, 5.41) is 15.3. The van der Waals surface area contributed by atoms with Crippen LogP contribution in [0.5, 0.6) is 0 Å². The molecule has 1 N–H and O–H groups in total. The third kappa shape index (κ3) is 2.84. The van der Waals surface area contributed by atoms with E-state index in [0.29, 0.717) is 18.3 Å². The molecule has 0 radical (unpaired) electrons. The summed E-state index contributed by atoms with van der Waals surface area (Å²) in [6, 6.07) is 1.98. The first-order chi connectivity index (χ1) is 6.26. The van der Waals surface area contributed by atoms with Crippen LogP contribution in [0.4, 0.5) is 0 Å². The number of rotatable bonds is 4. The molecule has 70 valence electrons. The molecule has 13 heavy (non-hydrogen) atoms. The topological polar surface area (TPSA) is 74.7 Å². The van der Waals surface area contributed by atoms with Crippen LogP contribution in [0.1, 0.15) is 25.1 Å². The molecule has 5 nitrogen and oxygen atoms in total. The molecule has 0 saturated carbocycles. The monoisotopic (exact) mass is 180 g/mol. The van der Waals surface area contributed by atoms with Crippen LogP contribution < -0.4 is 5.32 Å². The molecule has 0 aliphatic rings. The summed E-state index contributed by atoms with van der Waals surface area (Å²) < 4.78 is 4.87. The summed E-state index contributed by atoms with van der Waals surface area (Å²) in [7, 11) is 0. The second-order valence-corrected chi connectivity index (χ2v) is 2.71. The maximum absolute atomic E-state index is 8.63. The summed E-state index contributed by atoms with van der Waals surface area (Å²) in [4.78, 5) is 4.00. The van der Waals surface area contributed by atoms with Crippen LogP contribution in [0.2, 0.25) is 0 Å². The predicted molar refractivity (Wildman–Crippen MR) is 45.6 cm³/mol. The van der Waals surface area contributed by atoms with Gasteiger partial charge in [-0.05, 0) is 13.3 Å². The third-order valence-electron chi connectivity index (χ3n) is 1.63. The van der Waals surface area contributed by atoms with Crippen LogP contribution in [0.3, 0.4) is 0 Å². The van der Waals surface area contributed by atoms with Gasteiger partial charge in [0.2, 0.25) is 5.89 Å². The van der Waals surface area contributed by atoms with Gasteiger partial charge in [-0.1, -0.05) is 12.1 Å². The fraction of sp³-hybridized carbons (Fsp3) is 0.625. The van der Waals surface area contributed by atoms with Crippen LogP contribution in [0.15, 0.2) is 4.52 Å². The Bertz CT molecular complexity index is 301. The molecule has 1 atom stereocenters. The molecular weight excluding hydrogens is 168 g/mol. The molecule has 0 aliphatic heterocycles. The van der Waals surface area contributed by atoms with Crippen LogP contribution in [0, 0.1) is 18.3 Å². The van der Waals surface area contributed by atoms with Crippen molar-refractivity contribution in [2.45, 2.75) is 32.9 Å². The molecule has 0 amide bonds. The molecule has 1 aromatic rings. The molecule has 0 fully saturated rings. The van der Waals surface area contributed by atoms with Crippen molar-refractivity contribution >= 4 is 0 Å². The molecule has 1 aromatic heterocycles. The highest BCUT2D eigenvalue weighted by Crippen LogP contribution is 1.96. The van der Waals surface area contributed by atoms with E-state index in [4.69, 9.17) is 9.78 Å². The number of hydrogen-bond acceptors (Lipinski definition) is 5. The van der Waals surface area contributed by atoms with Crippen molar-refractivity contribution in [3.8, 4) is 6.07 Å². The van der Waals surface area contributed by atoms with Gasteiger partial charge in [0.15, 0.2) is 5.82 Å². The van der Waals surface area contributed by atoms with Crippen LogP contribution >= 0.6 is 0 Å². The highest BCUT2D eigenvalue weighted by Gasteiger charge is 2.06. The lowest BCUT2D eigenvalue weighted by Gasteiger charge is -2.04. The maximum Gasteiger partial charge on any atom is 0.240 e. The van der Waals surface area contributed by atoms with Crippen molar-refractivity contribution in [2.75, 3.05) is 0 Å². The zero-order chi connectivity index (χ0) is 9.68. The first kappa shape index (κ1) is 9.68. The molecule has 0 aromatic carbocycles. The molecule has 0 bridgehead atoms. The number of hydrogen-bond donors (Lipinski definition) is 1. The van der Waals surface area contributed by atoms with Gasteiger partial charge >= 0.3 is 0 Å². The van der Waals surface area contributed by atoms with Crippen molar-refractivity contribution in [3.05, 3.63) is 11.7 Å². The fourth-order valence-electron chi connectivity index (χ4n) is 0.904. The number of nitrogens with zero attached hydrogens (tertiary/aromatic N) is 3. The minimum Gasteiger partial charge on any atom is -0.338 e. The molecule has 0 spiro atoms. The Morgan fingerprint density at radius 3 is 2.92 bits per heavy atom. The van der Waals surface area contributed by atoms with Crippen LogP contribution in [-0.2, 0) is 6.54 Å². The molecule has 1 heterocycles. The Morgan fingerprint density at radius 1 is 1.69 bits per heavy atom. The van der Waals surface area contributed by atoms with Crippen molar-refractivity contribution in [2.24, 2.45) is 0 Å². The average molecular weight is 180 g/mol. The standard InChI is InChI=1S/C8H12N4O/c1-3-7(4-9)10-5-8-11-6(2)12-13-8/h7,10H,3,5H2,1-2H3. The van der Waals surface area contributed by atoms with E-state index in [1.807, 2.05) is 6.92 Å². The minimum atomic E-state index is -0.146. The second kappa shape index (κ2) is 4.58. The van der Waals surface area contributed by atoms with Crippen molar-refractivity contribution in [1.82, 2.24) is 15.5 Å². The van der Waals surface area contributed by atoms with E-state index >= 15 is 0 Å². The Balaban J connectivity index is 2.39. The number of aromatic nitrogens is 2. The molecular formula is C8H12N4O. The predicted octanol–water partition coefficient (Wildman–Crippen LogP) is 0.770. The van der Waals surface area contributed by atoms with Gasteiger partial charge in [0, 0.05) is 0 Å². The summed E-state index contributed by atoms with van der Waals surface area (Å²) in [5.41, 5.74) is 0. The Labute approximate surface area is 76.7 Å². The number of nitrogens with one attached hydrogen (secondary N) is 1. The van der Waals surface area contributed by atoms with Gasteiger partial charge in [-0.2, -0.15) is 10.2 Å². The van der Waals surface area contributed by atoms with Gasteiger partial charge < -0.3 is 4.52 Å². The van der Waals surface area contributed by atoms with E-state index in [2.05, 4.69) is 21.5 Å². The van der Waals surface area contributed by atoms with E-state index in [1.54, 1.807) is 6.92 Å². The first-order valence-electron chi connectivity index (χ1n) is 4.18. The van der Waals surface area contributed by atoms with E-state index in [-0.39, 0.29) is 6.04 Å². The lowest BCUT2D eigenvalue weighted by atomic mass is 10.2. The van der Waals surface area contributed by atoms with Crippen molar-refractivity contribution < 1.29 is 4.52 Å². The highest BCUT2D eigenvalue weighted by atomic mass is 16.5. The Hall–Kier alpha value is -1.41. The molecule has 0 aliphatic carbocycles. The van der Waals surface area contributed by atoms with Gasteiger partial charge in [-0.15, -0.1) is 0 Å². The van der Waals surface area contributed by atoms with E-state index in [9.17, 15) is 0 Å². The zero-order valence-corrected chi connectivity index (χ0v) is 7.74. The third-order valence-corrected chi connectivity index (χ3v) is 1.63. The van der Waals surface area contributed by atoms with Gasteiger partial charge in [0.25, 0.3) is 0 Å².